The second kappa shape index (κ2) is 7.19. The van der Waals surface area contributed by atoms with E-state index in [1.807, 2.05) is 13.8 Å². The highest BCUT2D eigenvalue weighted by Gasteiger charge is 2.20. The Hall–Kier alpha value is -3.01. The molecule has 3 aromatic carbocycles. The van der Waals surface area contributed by atoms with Crippen molar-refractivity contribution in [3.63, 3.8) is 0 Å². The van der Waals surface area contributed by atoms with E-state index in [0.29, 0.717) is 10.8 Å². The molecule has 4 heteroatoms. The first-order valence-electron chi connectivity index (χ1n) is 9.31. The first-order chi connectivity index (χ1) is 13.1. The summed E-state index contributed by atoms with van der Waals surface area (Å²) in [5.41, 5.74) is 4.30. The van der Waals surface area contributed by atoms with Gasteiger partial charge in [-0.05, 0) is 47.6 Å². The molecule has 0 saturated heterocycles. The molecule has 0 heterocycles. The van der Waals surface area contributed by atoms with E-state index in [1.165, 1.54) is 11.6 Å². The van der Waals surface area contributed by atoms with Crippen molar-refractivity contribution in [2.24, 2.45) is 0 Å². The number of ether oxygens (including phenoxy) is 1. The maximum absolute atomic E-state index is 12.6. The van der Waals surface area contributed by atoms with Gasteiger partial charge in [0.15, 0.2) is 0 Å². The highest BCUT2D eigenvalue weighted by molar-refractivity contribution is 6.03. The molecule has 0 bridgehead atoms. The lowest BCUT2D eigenvalue weighted by Gasteiger charge is -2.22. The third-order valence-electron chi connectivity index (χ3n) is 5.12. The van der Waals surface area contributed by atoms with Crippen LogP contribution in [0.4, 0.5) is 0 Å². The van der Waals surface area contributed by atoms with Crippen LogP contribution in [0.15, 0.2) is 42.5 Å². The highest BCUT2D eigenvalue weighted by atomic mass is 16.5. The maximum atomic E-state index is 12.6. The zero-order chi connectivity index (χ0) is 20.6. The standard InChI is InChI=1S/C24H26O4/c1-14-10-16(24(3,4)5)11-15(2)20(14)13-28-23(27)19-12-21(25)17-8-6-7-9-18(17)22(19)26/h6-12,25-26H,13H2,1-5H3. The van der Waals surface area contributed by atoms with Gasteiger partial charge >= 0.3 is 5.97 Å². The fourth-order valence-corrected chi connectivity index (χ4v) is 3.37. The van der Waals surface area contributed by atoms with Crippen LogP contribution in [0.5, 0.6) is 11.5 Å². The fourth-order valence-electron chi connectivity index (χ4n) is 3.37. The molecule has 0 radical (unpaired) electrons. The van der Waals surface area contributed by atoms with Crippen LogP contribution in [0.25, 0.3) is 10.8 Å². The molecule has 2 N–H and O–H groups in total. The Labute approximate surface area is 165 Å². The lowest BCUT2D eigenvalue weighted by atomic mass is 9.84. The topological polar surface area (TPSA) is 66.8 Å². The molecular formula is C24H26O4. The number of aromatic hydroxyl groups is 2. The number of phenolic OH excluding ortho intramolecular Hbond substituents is 2. The Morgan fingerprint density at radius 3 is 2.11 bits per heavy atom. The molecule has 0 fully saturated rings. The summed E-state index contributed by atoms with van der Waals surface area (Å²) in [6.45, 7) is 10.6. The number of carbonyl (C=O) groups excluding carboxylic acids is 1. The minimum atomic E-state index is -0.669. The third kappa shape index (κ3) is 3.68. The molecule has 0 saturated carbocycles. The van der Waals surface area contributed by atoms with E-state index in [1.54, 1.807) is 24.3 Å². The van der Waals surface area contributed by atoms with Crippen molar-refractivity contribution in [3.05, 3.63) is 70.3 Å². The average molecular weight is 378 g/mol. The molecule has 0 atom stereocenters. The Bertz CT molecular complexity index is 1040. The van der Waals surface area contributed by atoms with Crippen molar-refractivity contribution < 1.29 is 19.7 Å². The molecule has 0 unspecified atom stereocenters. The van der Waals surface area contributed by atoms with Crippen LogP contribution in [0.2, 0.25) is 0 Å². The molecule has 0 amide bonds. The number of aryl methyl sites for hydroxylation is 2. The normalized spacial score (nSPS) is 11.6. The summed E-state index contributed by atoms with van der Waals surface area (Å²) in [6, 6.07) is 12.3. The van der Waals surface area contributed by atoms with Gasteiger partial charge in [-0.2, -0.15) is 0 Å². The van der Waals surface area contributed by atoms with E-state index in [0.717, 1.165) is 16.7 Å². The van der Waals surface area contributed by atoms with Gasteiger partial charge < -0.3 is 14.9 Å². The number of benzene rings is 3. The van der Waals surface area contributed by atoms with Crippen molar-refractivity contribution >= 4 is 16.7 Å². The number of esters is 1. The van der Waals surface area contributed by atoms with Crippen molar-refractivity contribution in [2.75, 3.05) is 0 Å². The highest BCUT2D eigenvalue weighted by Crippen LogP contribution is 2.36. The van der Waals surface area contributed by atoms with Gasteiger partial charge in [0.1, 0.15) is 23.7 Å². The van der Waals surface area contributed by atoms with Gasteiger partial charge in [-0.15, -0.1) is 0 Å². The monoisotopic (exact) mass is 378 g/mol. The molecule has 4 nitrogen and oxygen atoms in total. The van der Waals surface area contributed by atoms with Crippen LogP contribution in [0.1, 0.15) is 53.4 Å². The van der Waals surface area contributed by atoms with E-state index >= 15 is 0 Å². The smallest absolute Gasteiger partial charge is 0.342 e. The van der Waals surface area contributed by atoms with Crippen LogP contribution in [0.3, 0.4) is 0 Å². The van der Waals surface area contributed by atoms with Gasteiger partial charge in [-0.3, -0.25) is 0 Å². The summed E-state index contributed by atoms with van der Waals surface area (Å²) in [6.07, 6.45) is 0. The van der Waals surface area contributed by atoms with Gasteiger partial charge in [-0.25, -0.2) is 4.79 Å². The van der Waals surface area contributed by atoms with E-state index in [2.05, 4.69) is 32.9 Å². The van der Waals surface area contributed by atoms with Crippen LogP contribution in [-0.4, -0.2) is 16.2 Å². The van der Waals surface area contributed by atoms with E-state index in [9.17, 15) is 15.0 Å². The summed E-state index contributed by atoms with van der Waals surface area (Å²) in [4.78, 5) is 12.6. The summed E-state index contributed by atoms with van der Waals surface area (Å²) >= 11 is 0. The largest absolute Gasteiger partial charge is 0.507 e. The average Bonchev–Trinajstić information content (AvgIpc) is 2.63. The lowest BCUT2D eigenvalue weighted by Crippen LogP contribution is -2.13. The van der Waals surface area contributed by atoms with Crippen molar-refractivity contribution in [2.45, 2.75) is 46.6 Å². The zero-order valence-electron chi connectivity index (χ0n) is 17.0. The first kappa shape index (κ1) is 19.7. The van der Waals surface area contributed by atoms with E-state index in [4.69, 9.17) is 4.74 Å². The predicted octanol–water partition coefficient (Wildman–Crippen LogP) is 5.52. The SMILES string of the molecule is Cc1cc(C(C)(C)C)cc(C)c1COC(=O)c1cc(O)c2ccccc2c1O. The summed E-state index contributed by atoms with van der Waals surface area (Å²) in [5.74, 6) is -0.922. The summed E-state index contributed by atoms with van der Waals surface area (Å²) in [7, 11) is 0. The third-order valence-corrected chi connectivity index (χ3v) is 5.12. The minimum absolute atomic E-state index is 0.0408. The van der Waals surface area contributed by atoms with Gasteiger partial charge in [0.25, 0.3) is 0 Å². The van der Waals surface area contributed by atoms with Crippen LogP contribution in [-0.2, 0) is 16.8 Å². The number of carbonyl (C=O) groups is 1. The fraction of sp³-hybridized carbons (Fsp3) is 0.292. The molecule has 0 spiro atoms. The van der Waals surface area contributed by atoms with Crippen molar-refractivity contribution in [3.8, 4) is 11.5 Å². The Morgan fingerprint density at radius 2 is 1.54 bits per heavy atom. The number of rotatable bonds is 3. The number of hydrogen-bond donors (Lipinski definition) is 2. The summed E-state index contributed by atoms with van der Waals surface area (Å²) in [5, 5.41) is 21.6. The van der Waals surface area contributed by atoms with E-state index in [-0.39, 0.29) is 29.1 Å². The second-order valence-electron chi connectivity index (χ2n) is 8.25. The van der Waals surface area contributed by atoms with E-state index < -0.39 is 5.97 Å². The number of phenols is 2. The van der Waals surface area contributed by atoms with Gasteiger partial charge in [0.2, 0.25) is 0 Å². The molecule has 28 heavy (non-hydrogen) atoms. The minimum Gasteiger partial charge on any atom is -0.507 e. The molecule has 3 aromatic rings. The van der Waals surface area contributed by atoms with Crippen LogP contribution < -0.4 is 0 Å². The zero-order valence-corrected chi connectivity index (χ0v) is 17.0. The maximum Gasteiger partial charge on any atom is 0.342 e. The molecule has 146 valence electrons. The predicted molar refractivity (Wildman–Crippen MR) is 111 cm³/mol. The van der Waals surface area contributed by atoms with Crippen LogP contribution in [0, 0.1) is 13.8 Å². The lowest BCUT2D eigenvalue weighted by molar-refractivity contribution is 0.0468. The Balaban J connectivity index is 1.87. The molecule has 0 aliphatic rings. The van der Waals surface area contributed by atoms with Gasteiger partial charge in [0.05, 0.1) is 0 Å². The number of fused-ring (bicyclic) bond motifs is 1. The number of hydrogen-bond acceptors (Lipinski definition) is 4. The summed E-state index contributed by atoms with van der Waals surface area (Å²) < 4.78 is 5.48. The first-order valence-corrected chi connectivity index (χ1v) is 9.31. The molecule has 0 aliphatic heterocycles. The molecule has 0 aliphatic carbocycles. The molecule has 3 rings (SSSR count). The molecule has 0 aromatic heterocycles. The van der Waals surface area contributed by atoms with Crippen LogP contribution >= 0.6 is 0 Å². The Morgan fingerprint density at radius 1 is 0.964 bits per heavy atom. The van der Waals surface area contributed by atoms with Gasteiger partial charge in [0, 0.05) is 10.8 Å². The Kier molecular flexibility index (Phi) is 5.07. The van der Waals surface area contributed by atoms with Crippen molar-refractivity contribution in [1.82, 2.24) is 0 Å². The van der Waals surface area contributed by atoms with Gasteiger partial charge in [-0.1, -0.05) is 57.2 Å². The van der Waals surface area contributed by atoms with Crippen molar-refractivity contribution in [1.29, 1.82) is 0 Å². The second-order valence-corrected chi connectivity index (χ2v) is 8.25. The molecular weight excluding hydrogens is 352 g/mol. The quantitative estimate of drug-likeness (QED) is 0.465.